The van der Waals surface area contributed by atoms with Gasteiger partial charge in [0, 0.05) is 6.61 Å². The number of carbonyl (C=O) groups is 1. The second-order valence-electron chi connectivity index (χ2n) is 3.44. The molecule has 0 radical (unpaired) electrons. The number of esters is 1. The van der Waals surface area contributed by atoms with Crippen molar-refractivity contribution in [3.05, 3.63) is 0 Å². The van der Waals surface area contributed by atoms with Gasteiger partial charge in [-0.2, -0.15) is 0 Å². The highest BCUT2D eigenvalue weighted by Crippen LogP contribution is 1.95. The summed E-state index contributed by atoms with van der Waals surface area (Å²) >= 11 is 0. The predicted octanol–water partition coefficient (Wildman–Crippen LogP) is 2.00. The molecule has 0 atom stereocenters. The lowest BCUT2D eigenvalue weighted by molar-refractivity contribution is -0.145. The first-order valence-corrected chi connectivity index (χ1v) is 4.90. The first-order chi connectivity index (χ1) is 6.16. The Labute approximate surface area is 80.4 Å². The zero-order valence-electron chi connectivity index (χ0n) is 8.84. The summed E-state index contributed by atoms with van der Waals surface area (Å²) in [6, 6.07) is 0. The molecule has 0 unspecified atom stereocenters. The second kappa shape index (κ2) is 8.05. The second-order valence-corrected chi connectivity index (χ2v) is 3.44. The minimum Gasteiger partial charge on any atom is -0.465 e. The molecule has 0 aliphatic heterocycles. The van der Waals surface area contributed by atoms with E-state index in [0.29, 0.717) is 25.6 Å². The average molecular weight is 188 g/mol. The van der Waals surface area contributed by atoms with Crippen molar-refractivity contribution in [3.63, 3.8) is 0 Å². The van der Waals surface area contributed by atoms with Crippen molar-refractivity contribution in [3.8, 4) is 0 Å². The Morgan fingerprint density at radius 2 is 2.00 bits per heavy atom. The van der Waals surface area contributed by atoms with Crippen molar-refractivity contribution in [1.82, 2.24) is 0 Å². The topological polar surface area (TPSA) is 35.5 Å². The van der Waals surface area contributed by atoms with E-state index in [1.807, 2.05) is 20.8 Å². The number of rotatable bonds is 7. The molecule has 0 bridgehead atoms. The van der Waals surface area contributed by atoms with Crippen LogP contribution in [0, 0.1) is 5.92 Å². The molecule has 0 fully saturated rings. The van der Waals surface area contributed by atoms with Gasteiger partial charge in [-0.15, -0.1) is 0 Å². The van der Waals surface area contributed by atoms with Gasteiger partial charge in [-0.05, 0) is 12.3 Å². The van der Waals surface area contributed by atoms with Gasteiger partial charge in [0.1, 0.15) is 0 Å². The lowest BCUT2D eigenvalue weighted by Gasteiger charge is -2.06. The van der Waals surface area contributed by atoms with Gasteiger partial charge in [0.2, 0.25) is 0 Å². The van der Waals surface area contributed by atoms with Crippen LogP contribution in [0.3, 0.4) is 0 Å². The van der Waals surface area contributed by atoms with Gasteiger partial charge in [0.25, 0.3) is 0 Å². The summed E-state index contributed by atoms with van der Waals surface area (Å²) < 4.78 is 10.1. The molecule has 0 aliphatic carbocycles. The van der Waals surface area contributed by atoms with E-state index in [0.717, 1.165) is 13.0 Å². The monoisotopic (exact) mass is 188 g/mol. The fourth-order valence-corrected chi connectivity index (χ4v) is 0.734. The maximum atomic E-state index is 11.0. The molecule has 13 heavy (non-hydrogen) atoms. The van der Waals surface area contributed by atoms with Crippen LogP contribution in [0.4, 0.5) is 0 Å². The number of carbonyl (C=O) groups excluding carboxylic acids is 1. The summed E-state index contributed by atoms with van der Waals surface area (Å²) in [6.07, 6.45) is 1.35. The fourth-order valence-electron chi connectivity index (χ4n) is 0.734. The van der Waals surface area contributed by atoms with Crippen LogP contribution in [0.25, 0.3) is 0 Å². The molecule has 0 aliphatic rings. The van der Waals surface area contributed by atoms with Crippen molar-refractivity contribution >= 4 is 5.97 Å². The SMILES string of the molecule is CCCOCCC(=O)OCC(C)C. The van der Waals surface area contributed by atoms with Crippen molar-refractivity contribution in [2.75, 3.05) is 19.8 Å². The highest BCUT2D eigenvalue weighted by atomic mass is 16.5. The van der Waals surface area contributed by atoms with Gasteiger partial charge < -0.3 is 9.47 Å². The van der Waals surface area contributed by atoms with Crippen LogP contribution in [-0.2, 0) is 14.3 Å². The minimum atomic E-state index is -0.162. The summed E-state index contributed by atoms with van der Waals surface area (Å²) in [7, 11) is 0. The van der Waals surface area contributed by atoms with Crippen LogP contribution < -0.4 is 0 Å². The summed E-state index contributed by atoms with van der Waals surface area (Å²) in [4.78, 5) is 11.0. The molecular formula is C10H20O3. The van der Waals surface area contributed by atoms with E-state index in [9.17, 15) is 4.79 Å². The molecule has 0 aromatic heterocycles. The lowest BCUT2D eigenvalue weighted by Crippen LogP contribution is -2.12. The maximum absolute atomic E-state index is 11.0. The largest absolute Gasteiger partial charge is 0.465 e. The Morgan fingerprint density at radius 1 is 1.31 bits per heavy atom. The zero-order valence-corrected chi connectivity index (χ0v) is 8.84. The van der Waals surface area contributed by atoms with Gasteiger partial charge in [-0.25, -0.2) is 0 Å². The predicted molar refractivity (Wildman–Crippen MR) is 51.5 cm³/mol. The Morgan fingerprint density at radius 3 is 2.54 bits per heavy atom. The zero-order chi connectivity index (χ0) is 10.1. The Kier molecular flexibility index (Phi) is 7.69. The van der Waals surface area contributed by atoms with E-state index in [1.165, 1.54) is 0 Å². The van der Waals surface area contributed by atoms with Gasteiger partial charge >= 0.3 is 5.97 Å². The van der Waals surface area contributed by atoms with Crippen molar-refractivity contribution in [1.29, 1.82) is 0 Å². The highest BCUT2D eigenvalue weighted by Gasteiger charge is 2.03. The number of hydrogen-bond donors (Lipinski definition) is 0. The minimum absolute atomic E-state index is 0.162. The fraction of sp³-hybridized carbons (Fsp3) is 0.900. The smallest absolute Gasteiger partial charge is 0.308 e. The summed E-state index contributed by atoms with van der Waals surface area (Å²) in [5.74, 6) is 0.241. The van der Waals surface area contributed by atoms with Crippen molar-refractivity contribution < 1.29 is 14.3 Å². The molecule has 0 saturated carbocycles. The van der Waals surface area contributed by atoms with Crippen LogP contribution in [0.2, 0.25) is 0 Å². The molecule has 0 saturated heterocycles. The Balaban J connectivity index is 3.20. The number of hydrogen-bond acceptors (Lipinski definition) is 3. The first kappa shape index (κ1) is 12.4. The van der Waals surface area contributed by atoms with E-state index in [-0.39, 0.29) is 5.97 Å². The molecule has 0 amide bonds. The van der Waals surface area contributed by atoms with E-state index in [1.54, 1.807) is 0 Å². The van der Waals surface area contributed by atoms with Crippen LogP contribution in [0.15, 0.2) is 0 Å². The van der Waals surface area contributed by atoms with Crippen LogP contribution in [0.1, 0.15) is 33.6 Å². The molecule has 0 heterocycles. The van der Waals surface area contributed by atoms with Gasteiger partial charge in [-0.1, -0.05) is 20.8 Å². The highest BCUT2D eigenvalue weighted by molar-refractivity contribution is 5.69. The van der Waals surface area contributed by atoms with E-state index >= 15 is 0 Å². The molecule has 78 valence electrons. The maximum Gasteiger partial charge on any atom is 0.308 e. The van der Waals surface area contributed by atoms with Crippen LogP contribution >= 0.6 is 0 Å². The third-order valence-electron chi connectivity index (χ3n) is 1.38. The Bertz CT molecular complexity index is 132. The molecule has 3 heteroatoms. The van der Waals surface area contributed by atoms with E-state index in [2.05, 4.69) is 0 Å². The molecule has 0 rings (SSSR count). The van der Waals surface area contributed by atoms with E-state index in [4.69, 9.17) is 9.47 Å². The third kappa shape index (κ3) is 9.34. The van der Waals surface area contributed by atoms with Gasteiger partial charge in [-0.3, -0.25) is 4.79 Å². The normalized spacial score (nSPS) is 10.5. The molecule has 0 aromatic rings. The van der Waals surface area contributed by atoms with Gasteiger partial charge in [0.15, 0.2) is 0 Å². The summed E-state index contributed by atoms with van der Waals surface area (Å²) in [5, 5.41) is 0. The third-order valence-corrected chi connectivity index (χ3v) is 1.38. The van der Waals surface area contributed by atoms with Crippen LogP contribution in [-0.4, -0.2) is 25.8 Å². The molecule has 0 aromatic carbocycles. The Hall–Kier alpha value is -0.570. The van der Waals surface area contributed by atoms with Crippen LogP contribution in [0.5, 0.6) is 0 Å². The van der Waals surface area contributed by atoms with Crippen molar-refractivity contribution in [2.45, 2.75) is 33.6 Å². The first-order valence-electron chi connectivity index (χ1n) is 4.90. The molecule has 3 nitrogen and oxygen atoms in total. The quantitative estimate of drug-likeness (QED) is 0.453. The summed E-state index contributed by atoms with van der Waals surface area (Å²) in [5.41, 5.74) is 0. The molecule has 0 spiro atoms. The van der Waals surface area contributed by atoms with E-state index < -0.39 is 0 Å². The number of ether oxygens (including phenoxy) is 2. The molecule has 0 N–H and O–H groups in total. The lowest BCUT2D eigenvalue weighted by atomic mass is 10.2. The molecular weight excluding hydrogens is 168 g/mol. The average Bonchev–Trinajstić information content (AvgIpc) is 2.09. The standard InChI is InChI=1S/C10H20O3/c1-4-6-12-7-5-10(11)13-8-9(2)3/h9H,4-8H2,1-3H3. The van der Waals surface area contributed by atoms with Gasteiger partial charge in [0.05, 0.1) is 19.6 Å². The van der Waals surface area contributed by atoms with Crippen molar-refractivity contribution in [2.24, 2.45) is 5.92 Å². The summed E-state index contributed by atoms with van der Waals surface area (Å²) in [6.45, 7) is 7.77.